The molecule has 1 aromatic rings. The lowest BCUT2D eigenvalue weighted by atomic mass is 10.1. The van der Waals surface area contributed by atoms with Gasteiger partial charge in [-0.1, -0.05) is 32.0 Å². The van der Waals surface area contributed by atoms with Crippen LogP contribution in [0.1, 0.15) is 19.4 Å². The molecular weight excluding hydrogens is 280 g/mol. The second-order valence-electron chi connectivity index (χ2n) is 5.10. The van der Waals surface area contributed by atoms with Gasteiger partial charge in [0.25, 0.3) is 0 Å². The smallest absolute Gasteiger partial charge is 0.319 e. The summed E-state index contributed by atoms with van der Waals surface area (Å²) in [5.41, 5.74) is 1.28. The molecule has 1 aliphatic heterocycles. The zero-order chi connectivity index (χ0) is 14.0. The van der Waals surface area contributed by atoms with Crippen LogP contribution in [0.4, 0.5) is 0 Å². The third kappa shape index (κ3) is 3.39. The largest absolute Gasteiger partial charge is 0.480 e. The molecule has 0 saturated heterocycles. The Kier molecular flexibility index (Phi) is 4.68. The molecule has 0 saturated carbocycles. The summed E-state index contributed by atoms with van der Waals surface area (Å²) in [5, 5.41) is 8.64. The third-order valence-corrected chi connectivity index (χ3v) is 6.77. The van der Waals surface area contributed by atoms with Crippen molar-refractivity contribution in [3.63, 3.8) is 0 Å². The molecule has 0 spiro atoms. The predicted octanol–water partition coefficient (Wildman–Crippen LogP) is 2.56. The Morgan fingerprint density at radius 1 is 1.47 bits per heavy atom. The number of benzene rings is 1. The number of carboxylic acid groups (broad SMARTS) is 1. The third-order valence-electron chi connectivity index (χ3n) is 3.20. The van der Waals surface area contributed by atoms with Gasteiger partial charge in [0.15, 0.2) is 0 Å². The van der Waals surface area contributed by atoms with Crippen LogP contribution in [-0.2, 0) is 22.0 Å². The minimum Gasteiger partial charge on any atom is -0.480 e. The Morgan fingerprint density at radius 3 is 2.74 bits per heavy atom. The van der Waals surface area contributed by atoms with Crippen molar-refractivity contribution < 1.29 is 14.1 Å². The van der Waals surface area contributed by atoms with E-state index in [0.29, 0.717) is 5.75 Å². The van der Waals surface area contributed by atoms with Gasteiger partial charge >= 0.3 is 5.97 Å². The highest BCUT2D eigenvalue weighted by Gasteiger charge is 2.32. The maximum Gasteiger partial charge on any atom is 0.319 e. The first-order chi connectivity index (χ1) is 8.99. The zero-order valence-electron chi connectivity index (χ0n) is 11.0. The summed E-state index contributed by atoms with van der Waals surface area (Å²) in [6.45, 7) is 3.63. The molecule has 1 N–H and O–H groups in total. The molecule has 3 unspecified atom stereocenters. The highest BCUT2D eigenvalue weighted by molar-refractivity contribution is 8.01. The van der Waals surface area contributed by atoms with E-state index >= 15 is 0 Å². The van der Waals surface area contributed by atoms with E-state index in [4.69, 9.17) is 5.11 Å². The standard InChI is InChI=1S/C14H18O3S2/c1-9(2)13(14(15)16)19(17)8-11-7-10-5-3-4-6-12(10)18-11/h3-6,9,11,13H,7-8H2,1-2H3,(H,15,16). The summed E-state index contributed by atoms with van der Waals surface area (Å²) in [6, 6.07) is 8.16. The summed E-state index contributed by atoms with van der Waals surface area (Å²) in [4.78, 5) is 12.4. The van der Waals surface area contributed by atoms with Crippen LogP contribution in [0.25, 0.3) is 0 Å². The van der Waals surface area contributed by atoms with Crippen LogP contribution in [0.5, 0.6) is 0 Å². The lowest BCUT2D eigenvalue weighted by Crippen LogP contribution is -2.34. The van der Waals surface area contributed by atoms with Crippen molar-refractivity contribution in [2.75, 3.05) is 5.75 Å². The molecule has 0 aromatic heterocycles. The molecule has 1 heterocycles. The number of carbonyl (C=O) groups is 1. The van der Waals surface area contributed by atoms with E-state index in [-0.39, 0.29) is 11.2 Å². The number of carboxylic acids is 1. The number of aliphatic carboxylic acids is 1. The number of fused-ring (bicyclic) bond motifs is 1. The molecule has 5 heteroatoms. The maximum absolute atomic E-state index is 12.3. The molecule has 0 amide bonds. The number of thioether (sulfide) groups is 1. The van der Waals surface area contributed by atoms with Crippen molar-refractivity contribution in [1.82, 2.24) is 0 Å². The summed E-state index contributed by atoms with van der Waals surface area (Å²) in [6.07, 6.45) is 0.886. The average Bonchev–Trinajstić information content (AvgIpc) is 2.69. The van der Waals surface area contributed by atoms with Gasteiger partial charge in [0.05, 0.1) is 0 Å². The van der Waals surface area contributed by atoms with Gasteiger partial charge in [-0.25, -0.2) is 0 Å². The van der Waals surface area contributed by atoms with Crippen LogP contribution in [-0.4, -0.2) is 31.5 Å². The van der Waals surface area contributed by atoms with Gasteiger partial charge in [0.2, 0.25) is 0 Å². The molecule has 104 valence electrons. The monoisotopic (exact) mass is 298 g/mol. The second kappa shape index (κ2) is 6.09. The lowest BCUT2D eigenvalue weighted by Gasteiger charge is -2.17. The Labute approximate surface area is 120 Å². The normalized spacial score (nSPS) is 21.1. The van der Waals surface area contributed by atoms with Crippen LogP contribution in [0.3, 0.4) is 0 Å². The Bertz CT molecular complexity index is 474. The minimum absolute atomic E-state index is 0.105. The molecule has 1 aliphatic rings. The van der Waals surface area contributed by atoms with Gasteiger partial charge in [-0.2, -0.15) is 0 Å². The Hall–Kier alpha value is -0.810. The maximum atomic E-state index is 12.3. The summed E-state index contributed by atoms with van der Waals surface area (Å²) >= 11 is 1.72. The fourth-order valence-electron chi connectivity index (χ4n) is 2.33. The highest BCUT2D eigenvalue weighted by atomic mass is 32.2. The van der Waals surface area contributed by atoms with Crippen molar-refractivity contribution in [1.29, 1.82) is 0 Å². The summed E-state index contributed by atoms with van der Waals surface area (Å²) in [5.74, 6) is -0.602. The SMILES string of the molecule is CC(C)C(C(=O)O)S(=O)CC1Cc2ccccc2S1. The lowest BCUT2D eigenvalue weighted by molar-refractivity contribution is -0.137. The molecule has 3 nitrogen and oxygen atoms in total. The van der Waals surface area contributed by atoms with Crippen LogP contribution < -0.4 is 0 Å². The van der Waals surface area contributed by atoms with E-state index in [1.807, 2.05) is 26.0 Å². The molecule has 2 rings (SSSR count). The van der Waals surface area contributed by atoms with Gasteiger partial charge in [-0.05, 0) is 24.0 Å². The summed E-state index contributed by atoms with van der Waals surface area (Å²) < 4.78 is 12.3. The molecule has 3 atom stereocenters. The van der Waals surface area contributed by atoms with E-state index in [1.54, 1.807) is 11.8 Å². The Morgan fingerprint density at radius 2 is 2.16 bits per heavy atom. The zero-order valence-corrected chi connectivity index (χ0v) is 12.7. The fourth-order valence-corrected chi connectivity index (χ4v) is 5.61. The molecule has 1 aromatic carbocycles. The second-order valence-corrected chi connectivity index (χ2v) is 8.05. The van der Waals surface area contributed by atoms with Crippen LogP contribution in [0, 0.1) is 5.92 Å². The van der Waals surface area contributed by atoms with Crippen LogP contribution >= 0.6 is 11.8 Å². The van der Waals surface area contributed by atoms with Gasteiger partial charge in [0.1, 0.15) is 5.25 Å². The molecule has 0 bridgehead atoms. The van der Waals surface area contributed by atoms with E-state index in [2.05, 4.69) is 12.1 Å². The molecule has 0 radical (unpaired) electrons. The van der Waals surface area contributed by atoms with Crippen molar-refractivity contribution in [2.45, 2.75) is 35.7 Å². The first-order valence-corrected chi connectivity index (χ1v) is 8.59. The molecule has 0 fully saturated rings. The van der Waals surface area contributed by atoms with Gasteiger partial charge in [-0.15, -0.1) is 11.8 Å². The number of hydrogen-bond acceptors (Lipinski definition) is 3. The predicted molar refractivity (Wildman–Crippen MR) is 79.1 cm³/mol. The van der Waals surface area contributed by atoms with Crippen molar-refractivity contribution in [3.8, 4) is 0 Å². The van der Waals surface area contributed by atoms with Gasteiger partial charge in [-0.3, -0.25) is 9.00 Å². The highest BCUT2D eigenvalue weighted by Crippen LogP contribution is 2.37. The van der Waals surface area contributed by atoms with Crippen molar-refractivity contribution in [2.24, 2.45) is 5.92 Å². The van der Waals surface area contributed by atoms with Crippen molar-refractivity contribution >= 4 is 28.5 Å². The molecule has 19 heavy (non-hydrogen) atoms. The molecular formula is C14H18O3S2. The Balaban J connectivity index is 2.00. The van der Waals surface area contributed by atoms with Crippen LogP contribution in [0.2, 0.25) is 0 Å². The van der Waals surface area contributed by atoms with E-state index in [1.165, 1.54) is 10.5 Å². The minimum atomic E-state index is -1.32. The average molecular weight is 298 g/mol. The molecule has 0 aliphatic carbocycles. The topological polar surface area (TPSA) is 54.4 Å². The quantitative estimate of drug-likeness (QED) is 0.907. The van der Waals surface area contributed by atoms with E-state index in [0.717, 1.165) is 6.42 Å². The number of hydrogen-bond donors (Lipinski definition) is 1. The van der Waals surface area contributed by atoms with Gasteiger partial charge < -0.3 is 5.11 Å². The first-order valence-electron chi connectivity index (χ1n) is 6.33. The van der Waals surface area contributed by atoms with Gasteiger partial charge in [0, 0.05) is 26.7 Å². The van der Waals surface area contributed by atoms with E-state index < -0.39 is 22.0 Å². The first kappa shape index (κ1) is 14.6. The van der Waals surface area contributed by atoms with Crippen molar-refractivity contribution in [3.05, 3.63) is 29.8 Å². The van der Waals surface area contributed by atoms with E-state index in [9.17, 15) is 9.00 Å². The fraction of sp³-hybridized carbons (Fsp3) is 0.500. The van der Waals surface area contributed by atoms with Crippen LogP contribution in [0.15, 0.2) is 29.2 Å². The number of rotatable bonds is 5. The summed E-state index contributed by atoms with van der Waals surface area (Å²) in [7, 11) is -1.32.